The van der Waals surface area contributed by atoms with E-state index < -0.39 is 52.7 Å². The van der Waals surface area contributed by atoms with Crippen LogP contribution in [0.3, 0.4) is 0 Å². The van der Waals surface area contributed by atoms with E-state index >= 15 is 0 Å². The number of benzene rings is 3. The van der Waals surface area contributed by atoms with Crippen LogP contribution < -0.4 is 10.2 Å². The number of halogens is 6. The van der Waals surface area contributed by atoms with Crippen LogP contribution in [0.2, 0.25) is 0 Å². The van der Waals surface area contributed by atoms with E-state index in [1.807, 2.05) is 0 Å². The Hall–Kier alpha value is -3.73. The van der Waals surface area contributed by atoms with Crippen LogP contribution >= 0.6 is 15.9 Å². The van der Waals surface area contributed by atoms with Gasteiger partial charge in [-0.05, 0) is 36.8 Å². The van der Waals surface area contributed by atoms with Gasteiger partial charge < -0.3 is 13.9 Å². The van der Waals surface area contributed by atoms with Crippen molar-refractivity contribution in [2.75, 3.05) is 6.61 Å². The van der Waals surface area contributed by atoms with Gasteiger partial charge in [0.15, 0.2) is 23.3 Å². The van der Waals surface area contributed by atoms with Gasteiger partial charge in [-0.1, -0.05) is 28.1 Å². The Morgan fingerprint density at radius 1 is 0.917 bits per heavy atom. The summed E-state index contributed by atoms with van der Waals surface area (Å²) in [6, 6.07) is 10.2. The Bertz CT molecular complexity index is 1520. The lowest BCUT2D eigenvalue weighted by Gasteiger charge is -2.12. The third-order valence-corrected chi connectivity index (χ3v) is 5.67. The summed E-state index contributed by atoms with van der Waals surface area (Å²) in [6.07, 6.45) is 0. The maximum atomic E-state index is 13.9. The molecule has 4 aromatic rings. The maximum Gasteiger partial charge on any atom is 0.375 e. The topological polar surface area (TPSA) is 65.7 Å². The number of esters is 1. The summed E-state index contributed by atoms with van der Waals surface area (Å²) in [5.41, 5.74) is -1.51. The molecular formula is C25H14BrF5O5. The van der Waals surface area contributed by atoms with E-state index in [2.05, 4.69) is 15.9 Å². The molecule has 0 atom stereocenters. The molecule has 0 saturated carbocycles. The first-order valence-electron chi connectivity index (χ1n) is 10.3. The molecule has 3 aromatic carbocycles. The molecule has 0 N–H and O–H groups in total. The van der Waals surface area contributed by atoms with Crippen molar-refractivity contribution >= 4 is 32.9 Å². The Balaban J connectivity index is 1.78. The normalized spacial score (nSPS) is 11.1. The minimum absolute atomic E-state index is 0.00538. The highest BCUT2D eigenvalue weighted by Crippen LogP contribution is 2.30. The average Bonchev–Trinajstić information content (AvgIpc) is 2.87. The van der Waals surface area contributed by atoms with Gasteiger partial charge in [0, 0.05) is 10.5 Å². The Morgan fingerprint density at radius 3 is 2.14 bits per heavy atom. The summed E-state index contributed by atoms with van der Waals surface area (Å²) in [5, 5.41) is 0.0459. The van der Waals surface area contributed by atoms with E-state index in [0.717, 1.165) is 10.5 Å². The van der Waals surface area contributed by atoms with Gasteiger partial charge in [-0.15, -0.1) is 0 Å². The first-order valence-corrected chi connectivity index (χ1v) is 11.1. The number of hydrogen-bond donors (Lipinski definition) is 0. The van der Waals surface area contributed by atoms with Crippen LogP contribution in [-0.2, 0) is 11.3 Å². The molecule has 11 heteroatoms. The monoisotopic (exact) mass is 568 g/mol. The van der Waals surface area contributed by atoms with Crippen LogP contribution in [0.15, 0.2) is 56.1 Å². The van der Waals surface area contributed by atoms with Crippen molar-refractivity contribution in [2.45, 2.75) is 13.5 Å². The molecule has 0 spiro atoms. The number of carbonyl (C=O) groups excluding carboxylic acids is 1. The van der Waals surface area contributed by atoms with Gasteiger partial charge in [-0.25, -0.2) is 26.7 Å². The van der Waals surface area contributed by atoms with E-state index in [9.17, 15) is 31.5 Å². The highest BCUT2D eigenvalue weighted by atomic mass is 79.9. The zero-order valence-electron chi connectivity index (χ0n) is 18.3. The highest BCUT2D eigenvalue weighted by Gasteiger charge is 2.26. The molecule has 0 aliphatic carbocycles. The van der Waals surface area contributed by atoms with E-state index in [-0.39, 0.29) is 34.6 Å². The van der Waals surface area contributed by atoms with Gasteiger partial charge in [0.25, 0.3) is 0 Å². The maximum absolute atomic E-state index is 13.9. The van der Waals surface area contributed by atoms with E-state index in [0.29, 0.717) is 5.56 Å². The van der Waals surface area contributed by atoms with Gasteiger partial charge in [0.05, 0.1) is 23.1 Å². The molecule has 0 fully saturated rings. The van der Waals surface area contributed by atoms with Crippen LogP contribution in [0.1, 0.15) is 23.0 Å². The SMILES string of the molecule is CCOC(=O)c1oc2cc(OCc3c(F)c(F)c(F)c(F)c3F)ccc2c(=O)c1-c1ccc(Br)cc1. The third kappa shape index (κ3) is 4.58. The molecule has 0 bridgehead atoms. The fourth-order valence-corrected chi connectivity index (χ4v) is 3.68. The van der Waals surface area contributed by atoms with E-state index in [4.69, 9.17) is 13.9 Å². The van der Waals surface area contributed by atoms with Crippen molar-refractivity contribution < 1.29 is 40.6 Å². The van der Waals surface area contributed by atoms with Crippen molar-refractivity contribution in [1.29, 1.82) is 0 Å². The zero-order valence-corrected chi connectivity index (χ0v) is 19.9. The Kier molecular flexibility index (Phi) is 7.11. The predicted octanol–water partition coefficient (Wildman–Crippen LogP) is 6.67. The van der Waals surface area contributed by atoms with Crippen LogP contribution in [0.25, 0.3) is 22.1 Å². The second kappa shape index (κ2) is 10.1. The van der Waals surface area contributed by atoms with Crippen LogP contribution in [0.4, 0.5) is 22.0 Å². The van der Waals surface area contributed by atoms with Crippen LogP contribution in [-0.4, -0.2) is 12.6 Å². The second-order valence-electron chi connectivity index (χ2n) is 7.36. The number of carbonyl (C=O) groups is 1. The van der Waals surface area contributed by atoms with Crippen LogP contribution in [0, 0.1) is 29.1 Å². The summed E-state index contributed by atoms with van der Waals surface area (Å²) < 4.78 is 84.7. The van der Waals surface area contributed by atoms with Crippen molar-refractivity contribution in [1.82, 2.24) is 0 Å². The third-order valence-electron chi connectivity index (χ3n) is 5.14. The molecule has 36 heavy (non-hydrogen) atoms. The Labute approximate surface area is 208 Å². The molecule has 0 unspecified atom stereocenters. The van der Waals surface area contributed by atoms with E-state index in [1.165, 1.54) is 12.1 Å². The van der Waals surface area contributed by atoms with Gasteiger partial charge >= 0.3 is 5.97 Å². The van der Waals surface area contributed by atoms with Gasteiger partial charge in [0.1, 0.15) is 17.9 Å². The largest absolute Gasteiger partial charge is 0.489 e. The summed E-state index contributed by atoms with van der Waals surface area (Å²) in [4.78, 5) is 25.9. The molecule has 5 nitrogen and oxygen atoms in total. The minimum Gasteiger partial charge on any atom is -0.489 e. The zero-order chi connectivity index (χ0) is 26.1. The quantitative estimate of drug-likeness (QED) is 0.112. The summed E-state index contributed by atoms with van der Waals surface area (Å²) in [5.74, 6) is -11.9. The predicted molar refractivity (Wildman–Crippen MR) is 122 cm³/mol. The van der Waals surface area contributed by atoms with Crippen LogP contribution in [0.5, 0.6) is 5.75 Å². The molecule has 1 aromatic heterocycles. The lowest BCUT2D eigenvalue weighted by molar-refractivity contribution is 0.0492. The summed E-state index contributed by atoms with van der Waals surface area (Å²) in [7, 11) is 0. The molecule has 4 rings (SSSR count). The molecule has 0 aliphatic heterocycles. The molecular weight excluding hydrogens is 555 g/mol. The standard InChI is InChI=1S/C25H14BrF5O5/c1-2-34-25(33)24-17(11-3-5-12(26)6-4-11)23(32)14-8-7-13(9-16(14)36-24)35-10-15-18(27)20(29)22(31)21(30)19(15)28/h3-9H,2,10H2,1H3. The first-order chi connectivity index (χ1) is 17.1. The molecule has 0 amide bonds. The molecule has 0 saturated heterocycles. The number of hydrogen-bond acceptors (Lipinski definition) is 5. The highest BCUT2D eigenvalue weighted by molar-refractivity contribution is 9.10. The fraction of sp³-hybridized carbons (Fsp3) is 0.120. The van der Waals surface area contributed by atoms with E-state index in [1.54, 1.807) is 31.2 Å². The lowest BCUT2D eigenvalue weighted by Crippen LogP contribution is -2.15. The Morgan fingerprint density at radius 2 is 1.53 bits per heavy atom. The van der Waals surface area contributed by atoms with Crippen molar-refractivity contribution in [3.05, 3.63) is 97.6 Å². The molecule has 0 aliphatic rings. The first kappa shape index (κ1) is 25.4. The second-order valence-corrected chi connectivity index (χ2v) is 8.27. The van der Waals surface area contributed by atoms with Gasteiger partial charge in [-0.2, -0.15) is 0 Å². The van der Waals surface area contributed by atoms with Gasteiger partial charge in [0.2, 0.25) is 17.0 Å². The number of rotatable bonds is 6. The number of fused-ring (bicyclic) bond motifs is 1. The lowest BCUT2D eigenvalue weighted by atomic mass is 10.0. The number of ether oxygens (including phenoxy) is 2. The molecule has 0 radical (unpaired) electrons. The van der Waals surface area contributed by atoms with Crippen molar-refractivity contribution in [3.8, 4) is 16.9 Å². The van der Waals surface area contributed by atoms with Gasteiger partial charge in [-0.3, -0.25) is 4.79 Å². The van der Waals surface area contributed by atoms with Crippen molar-refractivity contribution in [3.63, 3.8) is 0 Å². The minimum atomic E-state index is -2.28. The van der Waals surface area contributed by atoms with Crippen molar-refractivity contribution in [2.24, 2.45) is 0 Å². The smallest absolute Gasteiger partial charge is 0.375 e. The summed E-state index contributed by atoms with van der Waals surface area (Å²) >= 11 is 3.29. The summed E-state index contributed by atoms with van der Waals surface area (Å²) in [6.45, 7) is 0.566. The fourth-order valence-electron chi connectivity index (χ4n) is 3.41. The molecule has 1 heterocycles. The average molecular weight is 569 g/mol. The molecule has 186 valence electrons.